The van der Waals surface area contributed by atoms with E-state index in [9.17, 15) is 9.59 Å². The molecule has 2 fully saturated rings. The smallest absolute Gasteiger partial charge is 0.327 e. The molecule has 7 nitrogen and oxygen atoms in total. The third-order valence-corrected chi connectivity index (χ3v) is 4.45. The number of β-lactam (4-membered cyclic amide) rings is 1. The number of aliphatic carboxylic acids is 1. The maximum atomic E-state index is 11.3. The molecule has 0 radical (unpaired) electrons. The summed E-state index contributed by atoms with van der Waals surface area (Å²) in [6, 6.07) is -0.894. The SMILES string of the molecule is C[C@@]1(CN=[N+]=[N-])S[C@@H]2CC(=O)N2[C@H]1C(=O)O. The lowest BCUT2D eigenvalue weighted by atomic mass is 9.97. The second-order valence-electron chi connectivity index (χ2n) is 4.02. The molecule has 3 atom stereocenters. The number of carboxylic acid groups (broad SMARTS) is 1. The fourth-order valence-electron chi connectivity index (χ4n) is 2.16. The van der Waals surface area contributed by atoms with Crippen LogP contribution in [0, 0.1) is 0 Å². The van der Waals surface area contributed by atoms with E-state index in [1.54, 1.807) is 6.92 Å². The lowest BCUT2D eigenvalue weighted by Crippen LogP contribution is -2.57. The number of fused-ring (bicyclic) bond motifs is 1. The van der Waals surface area contributed by atoms with Gasteiger partial charge >= 0.3 is 5.97 Å². The summed E-state index contributed by atoms with van der Waals surface area (Å²) in [6.45, 7) is 1.79. The molecule has 0 saturated carbocycles. The number of hydrogen-bond acceptors (Lipinski definition) is 4. The molecule has 2 aliphatic heterocycles. The lowest BCUT2D eigenvalue weighted by molar-refractivity contribution is -0.157. The van der Waals surface area contributed by atoms with Gasteiger partial charge < -0.3 is 10.0 Å². The highest BCUT2D eigenvalue weighted by atomic mass is 32.2. The predicted molar refractivity (Wildman–Crippen MR) is 56.7 cm³/mol. The average Bonchev–Trinajstić information content (AvgIpc) is 2.45. The highest BCUT2D eigenvalue weighted by molar-refractivity contribution is 8.01. The fourth-order valence-corrected chi connectivity index (χ4v) is 3.83. The summed E-state index contributed by atoms with van der Waals surface area (Å²) in [6.07, 6.45) is 0.375. The molecule has 16 heavy (non-hydrogen) atoms. The molecule has 1 N–H and O–H groups in total. The van der Waals surface area contributed by atoms with Crippen LogP contribution >= 0.6 is 11.8 Å². The number of rotatable bonds is 3. The molecule has 0 aliphatic carbocycles. The van der Waals surface area contributed by atoms with Gasteiger partial charge in [0.25, 0.3) is 0 Å². The van der Waals surface area contributed by atoms with Gasteiger partial charge in [0, 0.05) is 11.5 Å². The monoisotopic (exact) mass is 242 g/mol. The first kappa shape index (κ1) is 11.1. The first-order valence-electron chi connectivity index (χ1n) is 4.72. The Bertz CT molecular complexity index is 408. The van der Waals surface area contributed by atoms with Crippen LogP contribution in [0.4, 0.5) is 0 Å². The second kappa shape index (κ2) is 3.57. The second-order valence-corrected chi connectivity index (χ2v) is 5.73. The molecule has 2 heterocycles. The van der Waals surface area contributed by atoms with Crippen LogP contribution in [-0.2, 0) is 9.59 Å². The third-order valence-electron chi connectivity index (χ3n) is 2.89. The molecule has 0 unspecified atom stereocenters. The molecule has 0 spiro atoms. The van der Waals surface area contributed by atoms with Gasteiger partial charge in [-0.1, -0.05) is 5.11 Å². The van der Waals surface area contributed by atoms with Crippen molar-refractivity contribution in [3.63, 3.8) is 0 Å². The number of azide groups is 1. The molecular formula is C8H10N4O3S. The zero-order valence-corrected chi connectivity index (χ0v) is 9.35. The van der Waals surface area contributed by atoms with E-state index in [4.69, 9.17) is 10.6 Å². The molecule has 2 rings (SSSR count). The number of carboxylic acids is 1. The molecule has 1 amide bonds. The van der Waals surface area contributed by atoms with Gasteiger partial charge in [0.15, 0.2) is 0 Å². The lowest BCUT2D eigenvalue weighted by Gasteiger charge is -2.36. The number of amides is 1. The summed E-state index contributed by atoms with van der Waals surface area (Å²) in [5.41, 5.74) is 8.29. The molecule has 86 valence electrons. The van der Waals surface area contributed by atoms with Crippen LogP contribution in [0.2, 0.25) is 0 Å². The van der Waals surface area contributed by atoms with Crippen molar-refractivity contribution < 1.29 is 14.7 Å². The van der Waals surface area contributed by atoms with Crippen molar-refractivity contribution in [3.8, 4) is 0 Å². The zero-order chi connectivity index (χ0) is 11.9. The van der Waals surface area contributed by atoms with Crippen LogP contribution in [0.15, 0.2) is 5.11 Å². The maximum absolute atomic E-state index is 11.3. The van der Waals surface area contributed by atoms with E-state index in [2.05, 4.69) is 10.0 Å². The van der Waals surface area contributed by atoms with E-state index in [0.29, 0.717) is 6.42 Å². The van der Waals surface area contributed by atoms with Crippen LogP contribution in [0.5, 0.6) is 0 Å². The Morgan fingerprint density at radius 1 is 1.88 bits per heavy atom. The van der Waals surface area contributed by atoms with E-state index >= 15 is 0 Å². The largest absolute Gasteiger partial charge is 0.480 e. The molecule has 2 aliphatic rings. The summed E-state index contributed by atoms with van der Waals surface area (Å²) < 4.78 is -0.727. The number of thioether (sulfide) groups is 1. The minimum atomic E-state index is -1.04. The van der Waals surface area contributed by atoms with Gasteiger partial charge in [-0.25, -0.2) is 4.79 Å². The molecule has 8 heteroatoms. The van der Waals surface area contributed by atoms with Crippen molar-refractivity contribution in [2.75, 3.05) is 6.54 Å². The van der Waals surface area contributed by atoms with Gasteiger partial charge in [0.1, 0.15) is 6.04 Å². The van der Waals surface area contributed by atoms with Crippen molar-refractivity contribution in [1.82, 2.24) is 4.90 Å². The zero-order valence-electron chi connectivity index (χ0n) is 8.53. The topological polar surface area (TPSA) is 106 Å². The number of carbonyl (C=O) groups excluding carboxylic acids is 1. The molecule has 0 bridgehead atoms. The molecule has 0 aromatic rings. The number of hydrogen-bond donors (Lipinski definition) is 1. The molecular weight excluding hydrogens is 232 g/mol. The van der Waals surface area contributed by atoms with Gasteiger partial charge in [-0.15, -0.1) is 11.8 Å². The quantitative estimate of drug-likeness (QED) is 0.342. The van der Waals surface area contributed by atoms with Crippen molar-refractivity contribution in [2.24, 2.45) is 5.11 Å². The molecule has 0 aromatic heterocycles. The van der Waals surface area contributed by atoms with Gasteiger partial charge in [0.05, 0.1) is 16.5 Å². The van der Waals surface area contributed by atoms with Crippen LogP contribution in [0.25, 0.3) is 10.4 Å². The highest BCUT2D eigenvalue weighted by Crippen LogP contribution is 2.51. The Kier molecular flexibility index (Phi) is 2.47. The fraction of sp³-hybridized carbons (Fsp3) is 0.750. The van der Waals surface area contributed by atoms with Crippen LogP contribution < -0.4 is 0 Å². The minimum Gasteiger partial charge on any atom is -0.480 e. The van der Waals surface area contributed by atoms with Crippen LogP contribution in [0.1, 0.15) is 13.3 Å². The van der Waals surface area contributed by atoms with Crippen molar-refractivity contribution in [3.05, 3.63) is 10.4 Å². The first-order valence-corrected chi connectivity index (χ1v) is 5.60. The minimum absolute atomic E-state index is 0.0748. The van der Waals surface area contributed by atoms with Gasteiger partial charge in [-0.3, -0.25) is 4.79 Å². The summed E-state index contributed by atoms with van der Waals surface area (Å²) in [5.74, 6) is -1.19. The van der Waals surface area contributed by atoms with Crippen LogP contribution in [0.3, 0.4) is 0 Å². The molecule has 2 saturated heterocycles. The van der Waals surface area contributed by atoms with E-state index in [0.717, 1.165) is 0 Å². The van der Waals surface area contributed by atoms with E-state index in [-0.39, 0.29) is 17.8 Å². The normalized spacial score (nSPS) is 36.3. The Balaban J connectivity index is 2.28. The Morgan fingerprint density at radius 2 is 2.56 bits per heavy atom. The van der Waals surface area contributed by atoms with E-state index < -0.39 is 16.8 Å². The maximum Gasteiger partial charge on any atom is 0.327 e. The molecule has 0 aromatic carbocycles. The Hall–Kier alpha value is -1.40. The van der Waals surface area contributed by atoms with Gasteiger partial charge in [-0.2, -0.15) is 0 Å². The summed E-state index contributed by atoms with van der Waals surface area (Å²) >= 11 is 1.40. The first-order chi connectivity index (χ1) is 7.49. The number of carbonyl (C=O) groups is 2. The standard InChI is InChI=1S/C8H10N4O3S/c1-8(3-10-11-9)6(7(14)15)12-4(13)2-5(12)16-8/h5-6H,2-3H2,1H3,(H,14,15)/t5-,6+,8+/m1/s1. The summed E-state index contributed by atoms with van der Waals surface area (Å²) in [7, 11) is 0. The Labute approximate surface area is 95.4 Å². The summed E-state index contributed by atoms with van der Waals surface area (Å²) in [5, 5.41) is 12.5. The highest BCUT2D eigenvalue weighted by Gasteiger charge is 2.60. The average molecular weight is 242 g/mol. The summed E-state index contributed by atoms with van der Waals surface area (Å²) in [4.78, 5) is 26.5. The van der Waals surface area contributed by atoms with Crippen LogP contribution in [-0.4, -0.2) is 44.6 Å². The van der Waals surface area contributed by atoms with E-state index in [1.807, 2.05) is 0 Å². The van der Waals surface area contributed by atoms with Gasteiger partial charge in [0.2, 0.25) is 5.91 Å². The van der Waals surface area contributed by atoms with Crippen molar-refractivity contribution >= 4 is 23.6 Å². The van der Waals surface area contributed by atoms with E-state index in [1.165, 1.54) is 16.7 Å². The van der Waals surface area contributed by atoms with Crippen molar-refractivity contribution in [1.29, 1.82) is 0 Å². The number of nitrogens with zero attached hydrogens (tertiary/aromatic N) is 4. The third kappa shape index (κ3) is 1.42. The Morgan fingerprint density at radius 3 is 3.06 bits per heavy atom. The van der Waals surface area contributed by atoms with Crippen molar-refractivity contribution in [2.45, 2.75) is 29.5 Å². The predicted octanol–water partition coefficient (Wildman–Crippen LogP) is 0.814. The van der Waals surface area contributed by atoms with Gasteiger partial charge in [-0.05, 0) is 12.5 Å².